The van der Waals surface area contributed by atoms with Gasteiger partial charge in [0.15, 0.2) is 0 Å². The summed E-state index contributed by atoms with van der Waals surface area (Å²) < 4.78 is 43.6. The number of halogens is 2. The average molecular weight is 489 g/mol. The molecule has 0 aliphatic rings. The molecule has 0 saturated heterocycles. The number of hydrogen-bond donors (Lipinski definition) is 0. The van der Waals surface area contributed by atoms with Gasteiger partial charge in [-0.3, -0.25) is 0 Å². The maximum Gasteiger partial charge on any atom is 0.343 e. The summed E-state index contributed by atoms with van der Waals surface area (Å²) in [5.41, 5.74) is 0.824. The molecule has 35 heavy (non-hydrogen) atoms. The van der Waals surface area contributed by atoms with E-state index in [0.29, 0.717) is 29.2 Å². The Morgan fingerprint density at radius 1 is 0.914 bits per heavy atom. The van der Waals surface area contributed by atoms with Gasteiger partial charge in [0.05, 0.1) is 18.1 Å². The first-order valence-corrected chi connectivity index (χ1v) is 12.6. The molecule has 0 aliphatic heterocycles. The lowest BCUT2D eigenvalue weighted by molar-refractivity contribution is 0.0425. The Bertz CT molecular complexity index is 879. The second-order valence-electron chi connectivity index (χ2n) is 8.60. The number of rotatable bonds is 16. The SMILES string of the molecule is CCCCC/C=C\[C@@H](C)Oc1ccc(C(=O)Oc2ccc([C@H](COCCCC)C(F)F)cc2)cc1. The Balaban J connectivity index is 1.88. The Kier molecular flexibility index (Phi) is 13.1. The fraction of sp³-hybridized carbons (Fsp3) is 0.483. The summed E-state index contributed by atoms with van der Waals surface area (Å²) in [5.74, 6) is -0.587. The number of esters is 1. The van der Waals surface area contributed by atoms with Gasteiger partial charge >= 0.3 is 5.97 Å². The lowest BCUT2D eigenvalue weighted by Gasteiger charge is -2.17. The van der Waals surface area contributed by atoms with Crippen LogP contribution in [0.25, 0.3) is 0 Å². The minimum Gasteiger partial charge on any atom is -0.487 e. The summed E-state index contributed by atoms with van der Waals surface area (Å²) >= 11 is 0. The van der Waals surface area contributed by atoms with E-state index in [1.165, 1.54) is 31.4 Å². The molecule has 0 aromatic heterocycles. The Hall–Kier alpha value is -2.73. The normalized spacial score (nSPS) is 13.2. The van der Waals surface area contributed by atoms with Gasteiger partial charge in [-0.25, -0.2) is 13.6 Å². The Morgan fingerprint density at radius 2 is 1.57 bits per heavy atom. The molecule has 192 valence electrons. The molecule has 0 fully saturated rings. The molecule has 2 aromatic rings. The number of carbonyl (C=O) groups excluding carboxylic acids is 1. The molecule has 2 rings (SSSR count). The van der Waals surface area contributed by atoms with Crippen molar-refractivity contribution in [3.05, 3.63) is 71.8 Å². The first-order chi connectivity index (χ1) is 16.9. The standard InChI is InChI=1S/C29H38F2O4/c1-4-6-8-9-10-11-22(3)34-25-18-14-24(15-19-25)29(32)35-26-16-12-23(13-17-26)27(28(30)31)21-33-20-7-5-2/h10-19,22,27-28H,4-9,20-21H2,1-3H3/b11-10-/t22-,27+/m1/s1. The van der Waals surface area contributed by atoms with Crippen molar-refractivity contribution in [1.29, 1.82) is 0 Å². The lowest BCUT2D eigenvalue weighted by atomic mass is 10.0. The molecular formula is C29H38F2O4. The summed E-state index contributed by atoms with van der Waals surface area (Å²) in [6.45, 7) is 6.60. The van der Waals surface area contributed by atoms with Crippen molar-refractivity contribution in [3.8, 4) is 11.5 Å². The van der Waals surface area contributed by atoms with Crippen LogP contribution in [0.5, 0.6) is 11.5 Å². The highest BCUT2D eigenvalue weighted by atomic mass is 19.3. The number of allylic oxidation sites excluding steroid dienone is 1. The first kappa shape index (κ1) is 28.5. The van der Waals surface area contributed by atoms with Crippen molar-refractivity contribution in [2.75, 3.05) is 13.2 Å². The molecule has 0 bridgehead atoms. The van der Waals surface area contributed by atoms with E-state index in [0.717, 1.165) is 19.3 Å². The van der Waals surface area contributed by atoms with E-state index in [1.807, 2.05) is 19.9 Å². The van der Waals surface area contributed by atoms with Gasteiger partial charge in [0, 0.05) is 6.61 Å². The maximum absolute atomic E-state index is 13.5. The van der Waals surface area contributed by atoms with Crippen molar-refractivity contribution < 1.29 is 27.8 Å². The third kappa shape index (κ3) is 10.6. The maximum atomic E-state index is 13.5. The molecule has 0 amide bonds. The Labute approximate surface area is 208 Å². The van der Waals surface area contributed by atoms with Crippen molar-refractivity contribution >= 4 is 5.97 Å². The van der Waals surface area contributed by atoms with E-state index in [-0.39, 0.29) is 12.7 Å². The van der Waals surface area contributed by atoms with Crippen LogP contribution < -0.4 is 9.47 Å². The van der Waals surface area contributed by atoms with Crippen LogP contribution in [-0.2, 0) is 4.74 Å². The zero-order chi connectivity index (χ0) is 25.5. The smallest absolute Gasteiger partial charge is 0.343 e. The van der Waals surface area contributed by atoms with Gasteiger partial charge in [-0.1, -0.05) is 51.3 Å². The van der Waals surface area contributed by atoms with Gasteiger partial charge in [-0.15, -0.1) is 0 Å². The van der Waals surface area contributed by atoms with Crippen LogP contribution in [0.2, 0.25) is 0 Å². The van der Waals surface area contributed by atoms with Crippen LogP contribution in [0.4, 0.5) is 8.78 Å². The van der Waals surface area contributed by atoms with Gasteiger partial charge in [0.1, 0.15) is 17.6 Å². The molecule has 6 heteroatoms. The highest BCUT2D eigenvalue weighted by molar-refractivity contribution is 5.91. The van der Waals surface area contributed by atoms with Crippen LogP contribution in [-0.4, -0.2) is 31.7 Å². The first-order valence-electron chi connectivity index (χ1n) is 12.6. The fourth-order valence-electron chi connectivity index (χ4n) is 3.44. The van der Waals surface area contributed by atoms with Gasteiger partial charge in [-0.05, 0) is 74.2 Å². The van der Waals surface area contributed by atoms with Crippen LogP contribution in [0, 0.1) is 0 Å². The van der Waals surface area contributed by atoms with Gasteiger partial charge in [0.25, 0.3) is 0 Å². The molecule has 0 unspecified atom stereocenters. The van der Waals surface area contributed by atoms with Crippen molar-refractivity contribution in [3.63, 3.8) is 0 Å². The summed E-state index contributed by atoms with van der Waals surface area (Å²) in [7, 11) is 0. The van der Waals surface area contributed by atoms with E-state index < -0.39 is 18.3 Å². The predicted octanol–water partition coefficient (Wildman–Crippen LogP) is 7.98. The molecule has 0 aliphatic carbocycles. The zero-order valence-corrected chi connectivity index (χ0v) is 21.1. The van der Waals surface area contributed by atoms with Gasteiger partial charge < -0.3 is 14.2 Å². The molecule has 0 N–H and O–H groups in total. The minimum absolute atomic E-state index is 0.0432. The van der Waals surface area contributed by atoms with Crippen molar-refractivity contribution in [2.24, 2.45) is 0 Å². The van der Waals surface area contributed by atoms with E-state index in [9.17, 15) is 13.6 Å². The van der Waals surface area contributed by atoms with E-state index in [4.69, 9.17) is 14.2 Å². The summed E-state index contributed by atoms with van der Waals surface area (Å²) in [5, 5.41) is 0. The average Bonchev–Trinajstić information content (AvgIpc) is 2.85. The molecule has 2 atom stereocenters. The molecule has 4 nitrogen and oxygen atoms in total. The third-order valence-corrected chi connectivity index (χ3v) is 5.56. The number of hydrogen-bond acceptors (Lipinski definition) is 4. The quantitative estimate of drug-likeness (QED) is 0.104. The zero-order valence-electron chi connectivity index (χ0n) is 21.1. The van der Waals surface area contributed by atoms with E-state index in [2.05, 4.69) is 13.0 Å². The summed E-state index contributed by atoms with van der Waals surface area (Å²) in [6, 6.07) is 12.9. The van der Waals surface area contributed by atoms with E-state index in [1.54, 1.807) is 36.4 Å². The molecule has 2 aromatic carbocycles. The number of carbonyl (C=O) groups is 1. The number of benzene rings is 2. The summed E-state index contributed by atoms with van der Waals surface area (Å²) in [4.78, 5) is 12.5. The second kappa shape index (κ2) is 16.0. The highest BCUT2D eigenvalue weighted by Crippen LogP contribution is 2.26. The summed E-state index contributed by atoms with van der Waals surface area (Å²) in [6.07, 6.45) is 8.02. The Morgan fingerprint density at radius 3 is 2.20 bits per heavy atom. The molecular weight excluding hydrogens is 450 g/mol. The number of ether oxygens (including phenoxy) is 3. The van der Waals surface area contributed by atoms with Crippen molar-refractivity contribution in [1.82, 2.24) is 0 Å². The molecule has 0 heterocycles. The largest absolute Gasteiger partial charge is 0.487 e. The van der Waals surface area contributed by atoms with Crippen molar-refractivity contribution in [2.45, 2.75) is 77.7 Å². The second-order valence-corrected chi connectivity index (χ2v) is 8.60. The number of alkyl halides is 2. The molecule has 0 saturated carbocycles. The van der Waals surface area contributed by atoms with E-state index >= 15 is 0 Å². The predicted molar refractivity (Wildman–Crippen MR) is 136 cm³/mol. The monoisotopic (exact) mass is 488 g/mol. The van der Waals surface area contributed by atoms with Crippen LogP contribution in [0.1, 0.15) is 81.1 Å². The molecule has 0 spiro atoms. The lowest BCUT2D eigenvalue weighted by Crippen LogP contribution is -2.16. The minimum atomic E-state index is -2.54. The third-order valence-electron chi connectivity index (χ3n) is 5.56. The molecule has 0 radical (unpaired) electrons. The van der Waals surface area contributed by atoms with Crippen LogP contribution in [0.3, 0.4) is 0 Å². The van der Waals surface area contributed by atoms with Gasteiger partial charge in [-0.2, -0.15) is 0 Å². The topological polar surface area (TPSA) is 44.8 Å². The fourth-order valence-corrected chi connectivity index (χ4v) is 3.44. The van der Waals surface area contributed by atoms with Crippen LogP contribution in [0.15, 0.2) is 60.7 Å². The highest BCUT2D eigenvalue weighted by Gasteiger charge is 2.23. The van der Waals surface area contributed by atoms with Gasteiger partial charge in [0.2, 0.25) is 6.43 Å². The number of unbranched alkanes of at least 4 members (excludes halogenated alkanes) is 4. The van der Waals surface area contributed by atoms with Crippen LogP contribution >= 0.6 is 0 Å².